The van der Waals surface area contributed by atoms with Gasteiger partial charge in [0.05, 0.1) is 18.7 Å². The van der Waals surface area contributed by atoms with Gasteiger partial charge >= 0.3 is 0 Å². The van der Waals surface area contributed by atoms with Crippen LogP contribution in [-0.2, 0) is 9.59 Å². The van der Waals surface area contributed by atoms with Crippen LogP contribution in [0.5, 0.6) is 11.5 Å². The number of rotatable bonds is 4. The zero-order valence-electron chi connectivity index (χ0n) is 13.3. The first kappa shape index (κ1) is 15.9. The fourth-order valence-corrected chi connectivity index (χ4v) is 2.28. The van der Waals surface area contributed by atoms with Gasteiger partial charge in [-0.2, -0.15) is 0 Å². The SMILES string of the molecule is Cc1ccc(OCC(=O)Nc2ccc3c(c2)NC(=O)CCO3)cc1. The third-order valence-corrected chi connectivity index (χ3v) is 3.52. The van der Waals surface area contributed by atoms with Crippen LogP contribution in [0.25, 0.3) is 0 Å². The molecule has 0 unspecified atom stereocenters. The van der Waals surface area contributed by atoms with Gasteiger partial charge in [-0.05, 0) is 37.3 Å². The molecule has 0 fully saturated rings. The van der Waals surface area contributed by atoms with E-state index in [1.54, 1.807) is 18.2 Å². The Balaban J connectivity index is 1.60. The Labute approximate surface area is 139 Å². The van der Waals surface area contributed by atoms with Gasteiger partial charge in [-0.1, -0.05) is 17.7 Å². The van der Waals surface area contributed by atoms with Gasteiger partial charge in [-0.25, -0.2) is 0 Å². The van der Waals surface area contributed by atoms with E-state index >= 15 is 0 Å². The molecule has 0 aliphatic carbocycles. The average Bonchev–Trinajstić information content (AvgIpc) is 2.74. The predicted molar refractivity (Wildman–Crippen MR) is 90.5 cm³/mol. The molecule has 2 aromatic rings. The van der Waals surface area contributed by atoms with E-state index in [9.17, 15) is 9.59 Å². The highest BCUT2D eigenvalue weighted by Gasteiger charge is 2.14. The number of aryl methyl sites for hydroxylation is 1. The smallest absolute Gasteiger partial charge is 0.262 e. The van der Waals surface area contributed by atoms with Gasteiger partial charge in [-0.3, -0.25) is 9.59 Å². The van der Waals surface area contributed by atoms with Gasteiger partial charge in [0.2, 0.25) is 5.91 Å². The number of hydrogen-bond acceptors (Lipinski definition) is 4. The van der Waals surface area contributed by atoms with Crippen LogP contribution >= 0.6 is 0 Å². The van der Waals surface area contributed by atoms with E-state index in [0.717, 1.165) is 5.56 Å². The molecule has 2 N–H and O–H groups in total. The molecule has 2 amide bonds. The first-order chi connectivity index (χ1) is 11.6. The molecule has 1 aliphatic rings. The molecule has 0 saturated carbocycles. The van der Waals surface area contributed by atoms with Crippen molar-refractivity contribution in [2.45, 2.75) is 13.3 Å². The minimum absolute atomic E-state index is 0.0942. The molecule has 6 heteroatoms. The molecule has 124 valence electrons. The molecule has 6 nitrogen and oxygen atoms in total. The van der Waals surface area contributed by atoms with Gasteiger partial charge in [0.15, 0.2) is 6.61 Å². The largest absolute Gasteiger partial charge is 0.491 e. The molecule has 0 aromatic heterocycles. The monoisotopic (exact) mass is 326 g/mol. The van der Waals surface area contributed by atoms with Crippen LogP contribution < -0.4 is 20.1 Å². The van der Waals surface area contributed by atoms with Gasteiger partial charge in [0.1, 0.15) is 11.5 Å². The van der Waals surface area contributed by atoms with Crippen molar-refractivity contribution in [2.75, 3.05) is 23.8 Å². The molecule has 0 atom stereocenters. The van der Waals surface area contributed by atoms with Crippen molar-refractivity contribution in [3.05, 3.63) is 48.0 Å². The number of anilines is 2. The number of carbonyl (C=O) groups excluding carboxylic acids is 2. The maximum Gasteiger partial charge on any atom is 0.262 e. The summed E-state index contributed by atoms with van der Waals surface area (Å²) in [5, 5.41) is 5.49. The van der Waals surface area contributed by atoms with Crippen molar-refractivity contribution in [3.63, 3.8) is 0 Å². The van der Waals surface area contributed by atoms with Crippen molar-refractivity contribution in [2.24, 2.45) is 0 Å². The topological polar surface area (TPSA) is 76.7 Å². The standard InChI is InChI=1S/C18H18N2O4/c1-12-2-5-14(6-3-12)24-11-18(22)19-13-4-7-16-15(10-13)20-17(21)8-9-23-16/h2-7,10H,8-9,11H2,1H3,(H,19,22)(H,20,21). The first-order valence-corrected chi connectivity index (χ1v) is 7.66. The Morgan fingerprint density at radius 1 is 1.25 bits per heavy atom. The third kappa shape index (κ3) is 4.04. The minimum atomic E-state index is -0.281. The normalized spacial score (nSPS) is 13.1. The molecule has 0 bridgehead atoms. The van der Waals surface area contributed by atoms with Gasteiger partial charge in [0.25, 0.3) is 5.91 Å². The van der Waals surface area contributed by atoms with Gasteiger partial charge in [-0.15, -0.1) is 0 Å². The average molecular weight is 326 g/mol. The Bertz CT molecular complexity index is 756. The highest BCUT2D eigenvalue weighted by Crippen LogP contribution is 2.30. The van der Waals surface area contributed by atoms with Gasteiger partial charge < -0.3 is 20.1 Å². The summed E-state index contributed by atoms with van der Waals surface area (Å²) in [4.78, 5) is 23.6. The zero-order valence-corrected chi connectivity index (χ0v) is 13.3. The fraction of sp³-hybridized carbons (Fsp3) is 0.222. The molecular weight excluding hydrogens is 308 g/mol. The van der Waals surface area contributed by atoms with Crippen molar-refractivity contribution < 1.29 is 19.1 Å². The lowest BCUT2D eigenvalue weighted by Crippen LogP contribution is -2.20. The Morgan fingerprint density at radius 3 is 2.83 bits per heavy atom. The molecule has 0 saturated heterocycles. The lowest BCUT2D eigenvalue weighted by Gasteiger charge is -2.11. The van der Waals surface area contributed by atoms with E-state index in [0.29, 0.717) is 35.9 Å². The maximum absolute atomic E-state index is 12.0. The number of ether oxygens (including phenoxy) is 2. The van der Waals surface area contributed by atoms with Crippen LogP contribution in [0.1, 0.15) is 12.0 Å². The predicted octanol–water partition coefficient (Wildman–Crippen LogP) is 2.73. The molecular formula is C18H18N2O4. The summed E-state index contributed by atoms with van der Waals surface area (Å²) in [5.74, 6) is 0.837. The number of carbonyl (C=O) groups is 2. The molecule has 1 heterocycles. The van der Waals surface area contributed by atoms with Gasteiger partial charge in [0, 0.05) is 5.69 Å². The summed E-state index contributed by atoms with van der Waals surface area (Å²) in [5.41, 5.74) is 2.24. The van der Waals surface area contributed by atoms with Crippen molar-refractivity contribution in [3.8, 4) is 11.5 Å². The number of benzene rings is 2. The second-order valence-corrected chi connectivity index (χ2v) is 5.51. The molecule has 0 spiro atoms. The Kier molecular flexibility index (Phi) is 4.65. The highest BCUT2D eigenvalue weighted by atomic mass is 16.5. The van der Waals surface area contributed by atoms with E-state index in [1.165, 1.54) is 0 Å². The number of hydrogen-bond donors (Lipinski definition) is 2. The number of amides is 2. The quantitative estimate of drug-likeness (QED) is 0.906. The number of nitrogens with one attached hydrogen (secondary N) is 2. The summed E-state index contributed by atoms with van der Waals surface area (Å²) in [6, 6.07) is 12.6. The second-order valence-electron chi connectivity index (χ2n) is 5.51. The van der Waals surface area contributed by atoms with E-state index in [2.05, 4.69) is 10.6 Å². The van der Waals surface area contributed by atoms with Crippen LogP contribution in [0, 0.1) is 6.92 Å². The molecule has 1 aliphatic heterocycles. The van der Waals surface area contributed by atoms with E-state index in [4.69, 9.17) is 9.47 Å². The van der Waals surface area contributed by atoms with Crippen LogP contribution in [0.15, 0.2) is 42.5 Å². The lowest BCUT2D eigenvalue weighted by molar-refractivity contribution is -0.118. The fourth-order valence-electron chi connectivity index (χ4n) is 2.28. The zero-order chi connectivity index (χ0) is 16.9. The maximum atomic E-state index is 12.0. The Morgan fingerprint density at radius 2 is 2.04 bits per heavy atom. The second kappa shape index (κ2) is 7.04. The van der Waals surface area contributed by atoms with Crippen molar-refractivity contribution >= 4 is 23.2 Å². The van der Waals surface area contributed by atoms with E-state index < -0.39 is 0 Å². The summed E-state index contributed by atoms with van der Waals surface area (Å²) in [7, 11) is 0. The molecule has 0 radical (unpaired) electrons. The third-order valence-electron chi connectivity index (χ3n) is 3.52. The molecule has 3 rings (SSSR count). The summed E-state index contributed by atoms with van der Waals surface area (Å²) in [6.07, 6.45) is 0.306. The van der Waals surface area contributed by atoms with Crippen LogP contribution in [0.3, 0.4) is 0 Å². The Hall–Kier alpha value is -3.02. The van der Waals surface area contributed by atoms with Crippen LogP contribution in [-0.4, -0.2) is 25.0 Å². The summed E-state index contributed by atoms with van der Waals surface area (Å²) >= 11 is 0. The number of fused-ring (bicyclic) bond motifs is 1. The van der Waals surface area contributed by atoms with Crippen molar-refractivity contribution in [1.29, 1.82) is 0 Å². The summed E-state index contributed by atoms with van der Waals surface area (Å²) < 4.78 is 10.9. The van der Waals surface area contributed by atoms with Crippen LogP contribution in [0.4, 0.5) is 11.4 Å². The minimum Gasteiger partial charge on any atom is -0.491 e. The highest BCUT2D eigenvalue weighted by molar-refractivity contribution is 5.96. The van der Waals surface area contributed by atoms with Crippen LogP contribution in [0.2, 0.25) is 0 Å². The molecule has 2 aromatic carbocycles. The van der Waals surface area contributed by atoms with E-state index in [1.807, 2.05) is 31.2 Å². The van der Waals surface area contributed by atoms with E-state index in [-0.39, 0.29) is 18.4 Å². The molecule has 24 heavy (non-hydrogen) atoms. The van der Waals surface area contributed by atoms with Crippen molar-refractivity contribution in [1.82, 2.24) is 0 Å². The first-order valence-electron chi connectivity index (χ1n) is 7.66. The lowest BCUT2D eigenvalue weighted by atomic mass is 10.2. The summed E-state index contributed by atoms with van der Waals surface area (Å²) in [6.45, 7) is 2.23.